The van der Waals surface area contributed by atoms with Gasteiger partial charge in [0, 0.05) is 0 Å². The number of hydrogen-bond donors (Lipinski definition) is 2. The van der Waals surface area contributed by atoms with Gasteiger partial charge in [-0.2, -0.15) is 10.1 Å². The van der Waals surface area contributed by atoms with Gasteiger partial charge in [0.2, 0.25) is 0 Å². The molecule has 0 spiro atoms. The van der Waals surface area contributed by atoms with Crippen LogP contribution >= 0.6 is 11.3 Å². The first-order valence-electron chi connectivity index (χ1n) is 9.90. The summed E-state index contributed by atoms with van der Waals surface area (Å²) in [5.74, 6) is 0.667. The molecule has 3 aromatic rings. The molecule has 0 atom stereocenters. The number of unbranched alkanes of at least 4 members (excludes halogenated alkanes) is 2. The van der Waals surface area contributed by atoms with E-state index in [4.69, 9.17) is 9.47 Å². The highest BCUT2D eigenvalue weighted by atomic mass is 32.1. The van der Waals surface area contributed by atoms with Crippen LogP contribution in [0.4, 0.5) is 0 Å². The number of benzene rings is 1. The normalized spacial score (nSPS) is 10.9. The third-order valence-corrected chi connectivity index (χ3v) is 5.24. The average Bonchev–Trinajstić information content (AvgIpc) is 3.32. The van der Waals surface area contributed by atoms with E-state index in [0.717, 1.165) is 29.7 Å². The van der Waals surface area contributed by atoms with Crippen molar-refractivity contribution in [2.75, 3.05) is 13.7 Å². The minimum atomic E-state index is -0.598. The van der Waals surface area contributed by atoms with Crippen LogP contribution in [-0.2, 0) is 0 Å². The Balaban J connectivity index is 1.65. The number of aromatic nitrogens is 2. The number of thiophene rings is 1. The number of ether oxygens (including phenoxy) is 2. The molecule has 8 nitrogen and oxygen atoms in total. The van der Waals surface area contributed by atoms with E-state index in [2.05, 4.69) is 27.4 Å². The molecular formula is C22H24N4O4S. The fraction of sp³-hybridized carbons (Fsp3) is 0.273. The molecule has 0 aliphatic heterocycles. The van der Waals surface area contributed by atoms with Crippen LogP contribution in [0.15, 0.2) is 51.7 Å². The minimum Gasteiger partial charge on any atom is -0.493 e. The molecule has 0 bridgehead atoms. The lowest BCUT2D eigenvalue weighted by Crippen LogP contribution is -2.24. The Kier molecular flexibility index (Phi) is 7.94. The van der Waals surface area contributed by atoms with Crippen molar-refractivity contribution in [2.24, 2.45) is 5.10 Å². The summed E-state index contributed by atoms with van der Waals surface area (Å²) in [4.78, 5) is 31.4. The smallest absolute Gasteiger partial charge is 0.346 e. The van der Waals surface area contributed by atoms with E-state index >= 15 is 0 Å². The van der Waals surface area contributed by atoms with Crippen LogP contribution in [0.2, 0.25) is 0 Å². The SMILES string of the molecule is CCCCCOc1ccc(/C=N/NC(=O)c2cc(-c3cccs3)[nH]c(=O)n2)cc1OC. The second-order valence-electron chi connectivity index (χ2n) is 6.63. The first-order chi connectivity index (χ1) is 15.1. The van der Waals surface area contributed by atoms with E-state index in [1.54, 1.807) is 19.2 Å². The molecule has 1 aromatic carbocycles. The van der Waals surface area contributed by atoms with Gasteiger partial charge in [-0.1, -0.05) is 25.8 Å². The topological polar surface area (TPSA) is 106 Å². The summed E-state index contributed by atoms with van der Waals surface area (Å²) < 4.78 is 11.1. The lowest BCUT2D eigenvalue weighted by atomic mass is 10.2. The van der Waals surface area contributed by atoms with Gasteiger partial charge in [-0.05, 0) is 47.7 Å². The summed E-state index contributed by atoms with van der Waals surface area (Å²) in [6.07, 6.45) is 4.71. The number of methoxy groups -OCH3 is 1. The van der Waals surface area contributed by atoms with Crippen molar-refractivity contribution >= 4 is 23.5 Å². The Morgan fingerprint density at radius 3 is 2.87 bits per heavy atom. The van der Waals surface area contributed by atoms with Crippen molar-refractivity contribution in [3.8, 4) is 22.1 Å². The molecule has 162 valence electrons. The third kappa shape index (κ3) is 6.26. The Morgan fingerprint density at radius 1 is 1.26 bits per heavy atom. The van der Waals surface area contributed by atoms with E-state index in [1.807, 2.05) is 23.6 Å². The number of rotatable bonds is 10. The van der Waals surface area contributed by atoms with Crippen molar-refractivity contribution in [3.05, 3.63) is 63.5 Å². The van der Waals surface area contributed by atoms with Crippen molar-refractivity contribution in [2.45, 2.75) is 26.2 Å². The number of carbonyl (C=O) groups is 1. The Bertz CT molecular complexity index is 1090. The van der Waals surface area contributed by atoms with E-state index in [9.17, 15) is 9.59 Å². The number of aromatic amines is 1. The van der Waals surface area contributed by atoms with Crippen molar-refractivity contribution in [1.29, 1.82) is 0 Å². The number of carbonyl (C=O) groups excluding carboxylic acids is 1. The van der Waals surface area contributed by atoms with Gasteiger partial charge >= 0.3 is 5.69 Å². The second kappa shape index (κ2) is 11.1. The molecule has 2 heterocycles. The highest BCUT2D eigenvalue weighted by Crippen LogP contribution is 2.27. The lowest BCUT2D eigenvalue weighted by Gasteiger charge is -2.11. The standard InChI is InChI=1S/C22H24N4O4S/c1-3-4-5-10-30-18-9-8-15(12-19(18)29-2)14-23-26-21(27)17-13-16(24-22(28)25-17)20-7-6-11-31-20/h6-9,11-14H,3-5,10H2,1-2H3,(H,26,27)(H,24,25,28)/b23-14+. The first kappa shape index (κ1) is 22.2. The van der Waals surface area contributed by atoms with E-state index in [-0.39, 0.29) is 5.69 Å². The van der Waals surface area contributed by atoms with Gasteiger partial charge < -0.3 is 14.5 Å². The van der Waals surface area contributed by atoms with Gasteiger partial charge in [-0.15, -0.1) is 11.3 Å². The molecule has 3 rings (SSSR count). The van der Waals surface area contributed by atoms with Crippen molar-refractivity contribution < 1.29 is 14.3 Å². The molecule has 0 saturated heterocycles. The molecule has 9 heteroatoms. The average molecular weight is 441 g/mol. The van der Waals surface area contributed by atoms with Gasteiger partial charge in [-0.25, -0.2) is 10.2 Å². The quantitative estimate of drug-likeness (QED) is 0.283. The van der Waals surface area contributed by atoms with E-state index in [0.29, 0.717) is 23.8 Å². The largest absolute Gasteiger partial charge is 0.493 e. The van der Waals surface area contributed by atoms with Gasteiger partial charge in [-0.3, -0.25) is 4.79 Å². The first-order valence-corrected chi connectivity index (χ1v) is 10.8. The maximum Gasteiger partial charge on any atom is 0.346 e. The van der Waals surface area contributed by atoms with Crippen LogP contribution in [0.5, 0.6) is 11.5 Å². The van der Waals surface area contributed by atoms with Crippen molar-refractivity contribution in [1.82, 2.24) is 15.4 Å². The molecule has 31 heavy (non-hydrogen) atoms. The molecule has 0 saturated carbocycles. The van der Waals surface area contributed by atoms with E-state index < -0.39 is 11.6 Å². The predicted molar refractivity (Wildman–Crippen MR) is 121 cm³/mol. The molecule has 0 fully saturated rings. The highest BCUT2D eigenvalue weighted by molar-refractivity contribution is 7.13. The third-order valence-electron chi connectivity index (χ3n) is 4.34. The summed E-state index contributed by atoms with van der Waals surface area (Å²) in [6, 6.07) is 10.6. The van der Waals surface area contributed by atoms with Crippen LogP contribution in [0.25, 0.3) is 10.6 Å². The van der Waals surface area contributed by atoms with Crippen LogP contribution in [0.3, 0.4) is 0 Å². The number of nitrogens with zero attached hydrogens (tertiary/aromatic N) is 2. The number of nitrogens with one attached hydrogen (secondary N) is 2. The molecule has 0 aliphatic carbocycles. The Hall–Kier alpha value is -3.46. The summed E-state index contributed by atoms with van der Waals surface area (Å²) in [5.41, 5.74) is 3.03. The lowest BCUT2D eigenvalue weighted by molar-refractivity contribution is 0.0949. The maximum absolute atomic E-state index is 12.4. The molecular weight excluding hydrogens is 416 g/mol. The van der Waals surface area contributed by atoms with Crippen LogP contribution in [0.1, 0.15) is 42.2 Å². The fourth-order valence-corrected chi connectivity index (χ4v) is 3.48. The van der Waals surface area contributed by atoms with Crippen LogP contribution in [-0.4, -0.2) is 35.8 Å². The maximum atomic E-state index is 12.4. The minimum absolute atomic E-state index is 0.0160. The molecule has 0 unspecified atom stereocenters. The molecule has 0 aliphatic rings. The summed E-state index contributed by atoms with van der Waals surface area (Å²) in [5, 5.41) is 5.84. The Labute approximate surface area is 184 Å². The van der Waals surface area contributed by atoms with Crippen LogP contribution < -0.4 is 20.6 Å². The summed E-state index contributed by atoms with van der Waals surface area (Å²) in [6.45, 7) is 2.77. The highest BCUT2D eigenvalue weighted by Gasteiger charge is 2.11. The van der Waals surface area contributed by atoms with Crippen molar-refractivity contribution in [3.63, 3.8) is 0 Å². The van der Waals surface area contributed by atoms with Gasteiger partial charge in [0.25, 0.3) is 5.91 Å². The summed E-state index contributed by atoms with van der Waals surface area (Å²) >= 11 is 1.45. The molecule has 2 N–H and O–H groups in total. The predicted octanol–water partition coefficient (Wildman–Crippen LogP) is 3.84. The number of hydrazone groups is 1. The zero-order chi connectivity index (χ0) is 22.1. The fourth-order valence-electron chi connectivity index (χ4n) is 2.78. The second-order valence-corrected chi connectivity index (χ2v) is 7.58. The zero-order valence-corrected chi connectivity index (χ0v) is 18.2. The number of hydrogen-bond acceptors (Lipinski definition) is 7. The molecule has 0 radical (unpaired) electrons. The van der Waals surface area contributed by atoms with Gasteiger partial charge in [0.15, 0.2) is 11.5 Å². The van der Waals surface area contributed by atoms with E-state index in [1.165, 1.54) is 23.6 Å². The summed E-state index contributed by atoms with van der Waals surface area (Å²) in [7, 11) is 1.57. The molecule has 1 amide bonds. The monoisotopic (exact) mass is 440 g/mol. The Morgan fingerprint density at radius 2 is 2.13 bits per heavy atom. The van der Waals surface area contributed by atoms with Gasteiger partial charge in [0.05, 0.1) is 30.5 Å². The zero-order valence-electron chi connectivity index (χ0n) is 17.4. The van der Waals surface area contributed by atoms with Gasteiger partial charge in [0.1, 0.15) is 5.69 Å². The molecule has 2 aromatic heterocycles. The van der Waals surface area contributed by atoms with Crippen LogP contribution in [0, 0.1) is 0 Å². The number of H-pyrrole nitrogens is 1. The number of amides is 1.